The Bertz CT molecular complexity index is 780. The Balaban J connectivity index is 1.62. The van der Waals surface area contributed by atoms with Crippen LogP contribution in [0.5, 0.6) is 5.75 Å². The lowest BCUT2D eigenvalue weighted by Gasteiger charge is -2.04. The van der Waals surface area contributed by atoms with E-state index < -0.39 is 0 Å². The van der Waals surface area contributed by atoms with Crippen molar-refractivity contribution in [2.24, 2.45) is 0 Å². The Morgan fingerprint density at radius 1 is 1.22 bits per heavy atom. The number of hydrogen-bond donors (Lipinski definition) is 1. The average Bonchev–Trinajstić information content (AvgIpc) is 3.14. The number of rotatable bonds is 6. The van der Waals surface area contributed by atoms with Crippen molar-refractivity contribution in [3.8, 4) is 17.1 Å². The van der Waals surface area contributed by atoms with E-state index in [1.54, 1.807) is 25.1 Å². The highest BCUT2D eigenvalue weighted by Crippen LogP contribution is 2.25. The summed E-state index contributed by atoms with van der Waals surface area (Å²) in [6.45, 7) is 1.88. The van der Waals surface area contributed by atoms with Crippen LogP contribution < -0.4 is 10.6 Å². The molecule has 0 atom stereocenters. The maximum absolute atomic E-state index is 6.09. The Morgan fingerprint density at radius 2 is 2.00 bits per heavy atom. The first-order chi connectivity index (χ1) is 11.2. The SMILES string of the molecule is COc1ccc(CCSc2nnc(-c3ccoc3C)n2N)cc1. The van der Waals surface area contributed by atoms with Crippen LogP contribution in [0.3, 0.4) is 0 Å². The van der Waals surface area contributed by atoms with Crippen LogP contribution in [0.1, 0.15) is 11.3 Å². The highest BCUT2D eigenvalue weighted by molar-refractivity contribution is 7.99. The van der Waals surface area contributed by atoms with Crippen LogP contribution in [0.2, 0.25) is 0 Å². The van der Waals surface area contributed by atoms with Crippen molar-refractivity contribution in [1.29, 1.82) is 0 Å². The number of methoxy groups -OCH3 is 1. The number of hydrogen-bond acceptors (Lipinski definition) is 6. The van der Waals surface area contributed by atoms with Gasteiger partial charge in [0.25, 0.3) is 0 Å². The summed E-state index contributed by atoms with van der Waals surface area (Å²) in [4.78, 5) is 0. The molecule has 0 unspecified atom stereocenters. The minimum atomic E-state index is 0.614. The molecule has 0 aliphatic heterocycles. The number of nitrogen functional groups attached to an aromatic ring is 1. The summed E-state index contributed by atoms with van der Waals surface area (Å²) in [5.41, 5.74) is 2.11. The van der Waals surface area contributed by atoms with Crippen LogP contribution in [0.4, 0.5) is 0 Å². The van der Waals surface area contributed by atoms with Crippen molar-refractivity contribution in [1.82, 2.24) is 14.9 Å². The van der Waals surface area contributed by atoms with E-state index in [0.717, 1.165) is 29.2 Å². The molecule has 7 heteroatoms. The predicted octanol–water partition coefficient (Wildman–Crippen LogP) is 2.90. The van der Waals surface area contributed by atoms with Gasteiger partial charge in [-0.1, -0.05) is 23.9 Å². The summed E-state index contributed by atoms with van der Waals surface area (Å²) in [5, 5.41) is 9.01. The summed E-state index contributed by atoms with van der Waals surface area (Å²) >= 11 is 1.58. The number of aryl methyl sites for hydroxylation is 2. The maximum Gasteiger partial charge on any atom is 0.210 e. The molecule has 3 aromatic rings. The Labute approximate surface area is 138 Å². The quantitative estimate of drug-likeness (QED) is 0.553. The molecule has 23 heavy (non-hydrogen) atoms. The fraction of sp³-hybridized carbons (Fsp3) is 0.250. The summed E-state index contributed by atoms with van der Waals surface area (Å²) in [6.07, 6.45) is 2.54. The molecule has 0 saturated carbocycles. The second kappa shape index (κ2) is 6.78. The van der Waals surface area contributed by atoms with Gasteiger partial charge in [0.15, 0.2) is 5.82 Å². The monoisotopic (exact) mass is 330 g/mol. The maximum atomic E-state index is 6.09. The van der Waals surface area contributed by atoms with E-state index in [9.17, 15) is 0 Å². The van der Waals surface area contributed by atoms with Crippen molar-refractivity contribution < 1.29 is 9.15 Å². The normalized spacial score (nSPS) is 10.9. The molecule has 1 aromatic carbocycles. The third-order valence-electron chi connectivity index (χ3n) is 3.55. The second-order valence-corrected chi connectivity index (χ2v) is 6.08. The van der Waals surface area contributed by atoms with Crippen molar-refractivity contribution in [2.45, 2.75) is 18.5 Å². The number of nitrogens with zero attached hydrogens (tertiary/aromatic N) is 3. The Hall–Kier alpha value is -2.41. The van der Waals surface area contributed by atoms with Gasteiger partial charge in [-0.15, -0.1) is 10.2 Å². The minimum absolute atomic E-state index is 0.614. The molecule has 0 spiro atoms. The van der Waals surface area contributed by atoms with Gasteiger partial charge >= 0.3 is 0 Å². The molecule has 0 saturated heterocycles. The first-order valence-electron chi connectivity index (χ1n) is 7.19. The zero-order chi connectivity index (χ0) is 16.2. The summed E-state index contributed by atoms with van der Waals surface area (Å²) in [7, 11) is 1.66. The van der Waals surface area contributed by atoms with Gasteiger partial charge in [0.2, 0.25) is 5.16 Å². The smallest absolute Gasteiger partial charge is 0.210 e. The molecule has 2 heterocycles. The van der Waals surface area contributed by atoms with Crippen molar-refractivity contribution in [3.63, 3.8) is 0 Å². The van der Waals surface area contributed by atoms with Crippen LogP contribution in [-0.4, -0.2) is 27.7 Å². The van der Waals surface area contributed by atoms with Gasteiger partial charge < -0.3 is 15.0 Å². The largest absolute Gasteiger partial charge is 0.497 e. The van der Waals surface area contributed by atoms with Crippen molar-refractivity contribution in [3.05, 3.63) is 47.9 Å². The zero-order valence-electron chi connectivity index (χ0n) is 13.0. The van der Waals surface area contributed by atoms with E-state index in [2.05, 4.69) is 22.3 Å². The Kier molecular flexibility index (Phi) is 4.57. The van der Waals surface area contributed by atoms with Gasteiger partial charge in [0.05, 0.1) is 18.9 Å². The standard InChI is InChI=1S/C16H18N4O2S/c1-11-14(7-9-22-11)15-18-19-16(20(15)17)23-10-8-12-3-5-13(21-2)6-4-12/h3-7,9H,8,10,17H2,1-2H3. The van der Waals surface area contributed by atoms with E-state index in [-0.39, 0.29) is 0 Å². The summed E-state index contributed by atoms with van der Waals surface area (Å²) in [5.74, 6) is 9.22. The summed E-state index contributed by atoms with van der Waals surface area (Å²) in [6, 6.07) is 9.89. The zero-order valence-corrected chi connectivity index (χ0v) is 13.8. The average molecular weight is 330 g/mol. The van der Waals surface area contributed by atoms with E-state index >= 15 is 0 Å². The molecule has 6 nitrogen and oxygen atoms in total. The van der Waals surface area contributed by atoms with Crippen molar-refractivity contribution in [2.75, 3.05) is 18.7 Å². The third-order valence-corrected chi connectivity index (χ3v) is 4.49. The van der Waals surface area contributed by atoms with Gasteiger partial charge in [-0.25, -0.2) is 4.68 Å². The predicted molar refractivity (Wildman–Crippen MR) is 90.0 cm³/mol. The second-order valence-electron chi connectivity index (χ2n) is 5.01. The molecule has 2 aromatic heterocycles. The number of nitrogens with two attached hydrogens (primary N) is 1. The Morgan fingerprint density at radius 3 is 2.65 bits per heavy atom. The lowest BCUT2D eigenvalue weighted by Crippen LogP contribution is -2.11. The molecule has 2 N–H and O–H groups in total. The molecule has 0 bridgehead atoms. The van der Waals surface area contributed by atoms with E-state index in [1.807, 2.05) is 25.1 Å². The van der Waals surface area contributed by atoms with Gasteiger partial charge in [-0.2, -0.15) is 0 Å². The third kappa shape index (κ3) is 3.34. The van der Waals surface area contributed by atoms with Crippen LogP contribution in [0, 0.1) is 6.92 Å². The molecule has 0 aliphatic rings. The fourth-order valence-electron chi connectivity index (χ4n) is 2.23. The molecule has 120 valence electrons. The van der Waals surface area contributed by atoms with Crippen LogP contribution in [-0.2, 0) is 6.42 Å². The van der Waals surface area contributed by atoms with Crippen LogP contribution >= 0.6 is 11.8 Å². The topological polar surface area (TPSA) is 79.1 Å². The molecule has 0 radical (unpaired) electrons. The highest BCUT2D eigenvalue weighted by Gasteiger charge is 2.15. The number of aromatic nitrogens is 3. The van der Waals surface area contributed by atoms with Crippen LogP contribution in [0.15, 0.2) is 46.2 Å². The lowest BCUT2D eigenvalue weighted by molar-refractivity contribution is 0.414. The van der Waals surface area contributed by atoms with Gasteiger partial charge in [0, 0.05) is 5.75 Å². The number of furan rings is 1. The minimum Gasteiger partial charge on any atom is -0.497 e. The van der Waals surface area contributed by atoms with Crippen molar-refractivity contribution >= 4 is 11.8 Å². The first kappa shape index (κ1) is 15.5. The van der Waals surface area contributed by atoms with Gasteiger partial charge in [0.1, 0.15) is 11.5 Å². The molecular formula is C16H18N4O2S. The molecule has 0 aliphatic carbocycles. The molecule has 0 amide bonds. The molecular weight excluding hydrogens is 312 g/mol. The van der Waals surface area contributed by atoms with E-state index in [1.165, 1.54) is 10.2 Å². The first-order valence-corrected chi connectivity index (χ1v) is 8.18. The lowest BCUT2D eigenvalue weighted by atomic mass is 10.2. The fourth-order valence-corrected chi connectivity index (χ4v) is 3.07. The van der Waals surface area contributed by atoms with Crippen LogP contribution in [0.25, 0.3) is 11.4 Å². The van der Waals surface area contributed by atoms with Gasteiger partial charge in [-0.05, 0) is 37.1 Å². The summed E-state index contributed by atoms with van der Waals surface area (Å²) < 4.78 is 12.0. The van der Waals surface area contributed by atoms with E-state index in [0.29, 0.717) is 11.0 Å². The number of ether oxygens (including phenoxy) is 1. The van der Waals surface area contributed by atoms with E-state index in [4.69, 9.17) is 15.0 Å². The van der Waals surface area contributed by atoms with Gasteiger partial charge in [-0.3, -0.25) is 0 Å². The molecule has 0 fully saturated rings. The number of benzene rings is 1. The molecule has 3 rings (SSSR count). The number of thioether (sulfide) groups is 1. The highest BCUT2D eigenvalue weighted by atomic mass is 32.2.